The lowest BCUT2D eigenvalue weighted by Crippen LogP contribution is -2.27. The molecule has 0 atom stereocenters. The molecule has 0 fully saturated rings. The van der Waals surface area contributed by atoms with Gasteiger partial charge in [0, 0.05) is 17.3 Å². The van der Waals surface area contributed by atoms with E-state index in [2.05, 4.69) is 17.0 Å². The Morgan fingerprint density at radius 1 is 1.42 bits per heavy atom. The molecule has 0 saturated heterocycles. The van der Waals surface area contributed by atoms with Gasteiger partial charge in [0.2, 0.25) is 0 Å². The van der Waals surface area contributed by atoms with Crippen LogP contribution < -0.4 is 21.5 Å². The predicted octanol–water partition coefficient (Wildman–Crippen LogP) is 1.92. The van der Waals surface area contributed by atoms with Crippen LogP contribution in [-0.2, 0) is 0 Å². The maximum Gasteiger partial charge on any atom is 0.316 e. The number of carbonyl (C=O) groups is 1. The number of rotatable bonds is 6. The number of amides is 2. The Morgan fingerprint density at radius 3 is 2.88 bits per heavy atom. The van der Waals surface area contributed by atoms with Crippen LogP contribution >= 0.6 is 0 Å². The first-order valence-corrected chi connectivity index (χ1v) is 7.09. The second-order valence-corrected chi connectivity index (χ2v) is 4.80. The normalized spacial score (nSPS) is 11.5. The third-order valence-electron chi connectivity index (χ3n) is 3.13. The molecule has 0 radical (unpaired) electrons. The van der Waals surface area contributed by atoms with Gasteiger partial charge in [-0.25, -0.2) is 9.48 Å². The number of nitrogens with one attached hydrogen (secondary N) is 1. The fourth-order valence-electron chi connectivity index (χ4n) is 2.16. The Labute approximate surface area is 139 Å². The van der Waals surface area contributed by atoms with E-state index in [-0.39, 0.29) is 0 Å². The summed E-state index contributed by atoms with van der Waals surface area (Å²) in [6, 6.07) is 8.62. The lowest BCUT2D eigenvalue weighted by molar-refractivity contribution is 0.251. The first kappa shape index (κ1) is 16.9. The van der Waals surface area contributed by atoms with Crippen molar-refractivity contribution in [2.45, 2.75) is 0 Å². The van der Waals surface area contributed by atoms with Crippen molar-refractivity contribution < 1.29 is 9.53 Å². The van der Waals surface area contributed by atoms with Gasteiger partial charge in [0.25, 0.3) is 0 Å². The predicted molar refractivity (Wildman–Crippen MR) is 93.3 cm³/mol. The number of urea groups is 1. The van der Waals surface area contributed by atoms with Crippen molar-refractivity contribution in [3.8, 4) is 11.4 Å². The number of hydrogen-bond donors (Lipinski definition) is 3. The van der Waals surface area contributed by atoms with Gasteiger partial charge in [-0.3, -0.25) is 0 Å². The van der Waals surface area contributed by atoms with Crippen molar-refractivity contribution in [1.82, 2.24) is 15.1 Å². The fourth-order valence-corrected chi connectivity index (χ4v) is 2.16. The van der Waals surface area contributed by atoms with Crippen molar-refractivity contribution >= 4 is 11.6 Å². The first-order chi connectivity index (χ1) is 11.5. The summed E-state index contributed by atoms with van der Waals surface area (Å²) < 4.78 is 6.97. The average Bonchev–Trinajstić information content (AvgIpc) is 3.03. The molecule has 0 bridgehead atoms. The molecule has 1 aromatic carbocycles. The van der Waals surface area contributed by atoms with Gasteiger partial charge in [-0.2, -0.15) is 5.10 Å². The van der Waals surface area contributed by atoms with E-state index >= 15 is 0 Å². The Kier molecular flexibility index (Phi) is 5.40. The zero-order valence-electron chi connectivity index (χ0n) is 13.3. The molecule has 1 heterocycles. The Morgan fingerprint density at radius 2 is 2.21 bits per heavy atom. The third kappa shape index (κ3) is 4.04. The summed E-state index contributed by atoms with van der Waals surface area (Å²) in [6.07, 6.45) is 6.40. The van der Waals surface area contributed by atoms with Crippen LogP contribution in [0.25, 0.3) is 11.3 Å². The SMILES string of the molecule is C=C(/C=C(\C=C/N)c1ccnn1-c1cccc(OC)c1)NC(N)=O. The van der Waals surface area contributed by atoms with E-state index in [4.69, 9.17) is 16.2 Å². The number of nitrogens with two attached hydrogens (primary N) is 2. The van der Waals surface area contributed by atoms with Gasteiger partial charge < -0.3 is 21.5 Å². The van der Waals surface area contributed by atoms with E-state index in [9.17, 15) is 4.79 Å². The zero-order chi connectivity index (χ0) is 17.5. The van der Waals surface area contributed by atoms with Crippen LogP contribution in [0.1, 0.15) is 5.69 Å². The highest BCUT2D eigenvalue weighted by Crippen LogP contribution is 2.23. The summed E-state index contributed by atoms with van der Waals surface area (Å²) in [5, 5.41) is 6.75. The number of methoxy groups -OCH3 is 1. The van der Waals surface area contributed by atoms with Crippen LogP contribution in [0.4, 0.5) is 4.79 Å². The summed E-state index contributed by atoms with van der Waals surface area (Å²) in [7, 11) is 1.60. The van der Waals surface area contributed by atoms with Crippen molar-refractivity contribution in [1.29, 1.82) is 0 Å². The molecule has 0 aliphatic rings. The highest BCUT2D eigenvalue weighted by atomic mass is 16.5. The molecular formula is C17H19N5O2. The van der Waals surface area contributed by atoms with E-state index in [0.717, 1.165) is 11.4 Å². The molecule has 0 aliphatic heterocycles. The Bertz CT molecular complexity index is 805. The van der Waals surface area contributed by atoms with Crippen LogP contribution in [0.15, 0.2) is 67.2 Å². The molecule has 7 nitrogen and oxygen atoms in total. The van der Waals surface area contributed by atoms with E-state index in [1.165, 1.54) is 6.20 Å². The van der Waals surface area contributed by atoms with E-state index < -0.39 is 6.03 Å². The van der Waals surface area contributed by atoms with Gasteiger partial charge in [-0.05, 0) is 36.6 Å². The minimum atomic E-state index is -0.686. The highest BCUT2D eigenvalue weighted by Gasteiger charge is 2.10. The van der Waals surface area contributed by atoms with Gasteiger partial charge in [-0.15, -0.1) is 0 Å². The molecule has 24 heavy (non-hydrogen) atoms. The van der Waals surface area contributed by atoms with E-state index in [1.807, 2.05) is 30.3 Å². The van der Waals surface area contributed by atoms with Crippen LogP contribution in [0.2, 0.25) is 0 Å². The minimum Gasteiger partial charge on any atom is -0.497 e. The summed E-state index contributed by atoms with van der Waals surface area (Å²) in [4.78, 5) is 10.9. The number of primary amides is 1. The first-order valence-electron chi connectivity index (χ1n) is 7.09. The Balaban J connectivity index is 2.46. The second kappa shape index (κ2) is 7.68. The number of allylic oxidation sites excluding steroid dienone is 3. The van der Waals surface area contributed by atoms with Crippen molar-refractivity contribution in [3.63, 3.8) is 0 Å². The van der Waals surface area contributed by atoms with Crippen molar-refractivity contribution in [2.75, 3.05) is 7.11 Å². The maximum atomic E-state index is 10.9. The smallest absolute Gasteiger partial charge is 0.316 e. The van der Waals surface area contributed by atoms with E-state index in [0.29, 0.717) is 17.0 Å². The van der Waals surface area contributed by atoms with Gasteiger partial charge in [0.15, 0.2) is 0 Å². The largest absolute Gasteiger partial charge is 0.497 e. The standard InChI is InChI=1S/C17H19N5O2/c1-12(21-17(19)23)10-13(6-8-18)16-7-9-20-22(16)14-4-3-5-15(11-14)24-2/h3-11H,1,18H2,2H3,(H3,19,21,23)/b8-6-,13-10+. The summed E-state index contributed by atoms with van der Waals surface area (Å²) >= 11 is 0. The molecule has 7 heteroatoms. The fraction of sp³-hybridized carbons (Fsp3) is 0.0588. The molecule has 5 N–H and O–H groups in total. The highest BCUT2D eigenvalue weighted by molar-refractivity contribution is 5.78. The van der Waals surface area contributed by atoms with Gasteiger partial charge in [0.05, 0.1) is 24.7 Å². The van der Waals surface area contributed by atoms with Crippen LogP contribution in [-0.4, -0.2) is 22.9 Å². The van der Waals surface area contributed by atoms with Crippen molar-refractivity contribution in [3.05, 3.63) is 72.9 Å². The number of aromatic nitrogens is 2. The lowest BCUT2D eigenvalue weighted by atomic mass is 10.1. The molecular weight excluding hydrogens is 306 g/mol. The number of nitrogens with zero attached hydrogens (tertiary/aromatic N) is 2. The minimum absolute atomic E-state index is 0.342. The molecule has 2 amide bonds. The Hall–Kier alpha value is -3.48. The number of carbonyl (C=O) groups excluding carboxylic acids is 1. The maximum absolute atomic E-state index is 10.9. The lowest BCUT2D eigenvalue weighted by Gasteiger charge is -2.10. The van der Waals surface area contributed by atoms with Crippen LogP contribution in [0, 0.1) is 0 Å². The number of benzene rings is 1. The third-order valence-corrected chi connectivity index (χ3v) is 3.13. The number of ether oxygens (including phenoxy) is 1. The summed E-state index contributed by atoms with van der Waals surface area (Å²) in [5.74, 6) is 0.716. The van der Waals surface area contributed by atoms with Gasteiger partial charge in [0.1, 0.15) is 5.75 Å². The van der Waals surface area contributed by atoms with Crippen molar-refractivity contribution in [2.24, 2.45) is 11.5 Å². The van der Waals surface area contributed by atoms with Gasteiger partial charge >= 0.3 is 6.03 Å². The molecule has 0 aliphatic carbocycles. The molecule has 1 aromatic heterocycles. The molecule has 0 unspecified atom stereocenters. The molecule has 124 valence electrons. The van der Waals surface area contributed by atoms with Crippen LogP contribution in [0.5, 0.6) is 5.75 Å². The van der Waals surface area contributed by atoms with Gasteiger partial charge in [-0.1, -0.05) is 12.6 Å². The zero-order valence-corrected chi connectivity index (χ0v) is 13.3. The number of hydrogen-bond acceptors (Lipinski definition) is 4. The quantitative estimate of drug-likeness (QED) is 0.705. The molecule has 0 saturated carbocycles. The molecule has 0 spiro atoms. The van der Waals surface area contributed by atoms with E-state index in [1.54, 1.807) is 30.1 Å². The second-order valence-electron chi connectivity index (χ2n) is 4.80. The summed E-state index contributed by atoms with van der Waals surface area (Å²) in [6.45, 7) is 3.74. The van der Waals surface area contributed by atoms with Crippen LogP contribution in [0.3, 0.4) is 0 Å². The topological polar surface area (TPSA) is 108 Å². The average molecular weight is 325 g/mol. The molecule has 2 aromatic rings. The monoisotopic (exact) mass is 325 g/mol. The summed E-state index contributed by atoms with van der Waals surface area (Å²) in [5.41, 5.74) is 13.3. The molecule has 2 rings (SSSR count).